The number of hydrogen-bond donors (Lipinski definition) is 1. The zero-order valence-electron chi connectivity index (χ0n) is 13.5. The molecule has 122 valence electrons. The number of imidazole rings is 1. The van der Waals surface area contributed by atoms with Crippen LogP contribution in [0.5, 0.6) is 0 Å². The average Bonchev–Trinajstić information content (AvgIpc) is 3.42. The van der Waals surface area contributed by atoms with E-state index in [1.807, 2.05) is 18.5 Å². The molecule has 3 aromatic heterocycles. The van der Waals surface area contributed by atoms with E-state index in [4.69, 9.17) is 4.98 Å². The SMILES string of the molecule is c1cc(-c2cnc3ccc(C4CC4)cn23)nc(N2CCNCC2)n1. The first-order chi connectivity index (χ1) is 11.9. The van der Waals surface area contributed by atoms with Crippen LogP contribution in [-0.4, -0.2) is 45.5 Å². The molecule has 0 amide bonds. The highest BCUT2D eigenvalue weighted by atomic mass is 15.3. The Balaban J connectivity index is 1.55. The molecular weight excluding hydrogens is 300 g/mol. The van der Waals surface area contributed by atoms with Crippen LogP contribution in [-0.2, 0) is 0 Å². The topological polar surface area (TPSA) is 58.4 Å². The molecule has 3 aromatic rings. The van der Waals surface area contributed by atoms with E-state index in [9.17, 15) is 0 Å². The van der Waals surface area contributed by atoms with Gasteiger partial charge in [0.2, 0.25) is 5.95 Å². The number of nitrogens with zero attached hydrogens (tertiary/aromatic N) is 5. The molecule has 0 spiro atoms. The van der Waals surface area contributed by atoms with Gasteiger partial charge < -0.3 is 10.2 Å². The Morgan fingerprint density at radius 3 is 2.75 bits per heavy atom. The fraction of sp³-hybridized carbons (Fsp3) is 0.389. The molecule has 5 rings (SSSR count). The number of anilines is 1. The van der Waals surface area contributed by atoms with Gasteiger partial charge in [-0.2, -0.15) is 0 Å². The van der Waals surface area contributed by atoms with Crippen molar-refractivity contribution in [3.8, 4) is 11.4 Å². The highest BCUT2D eigenvalue weighted by Gasteiger charge is 2.24. The summed E-state index contributed by atoms with van der Waals surface area (Å²) in [6.45, 7) is 3.85. The molecule has 1 aliphatic heterocycles. The molecule has 0 aromatic carbocycles. The fourth-order valence-corrected chi connectivity index (χ4v) is 3.35. The van der Waals surface area contributed by atoms with E-state index >= 15 is 0 Å². The van der Waals surface area contributed by atoms with E-state index in [0.717, 1.165) is 55.1 Å². The molecule has 24 heavy (non-hydrogen) atoms. The second-order valence-corrected chi connectivity index (χ2v) is 6.59. The normalized spacial score (nSPS) is 18.2. The summed E-state index contributed by atoms with van der Waals surface area (Å²) in [5.41, 5.74) is 4.33. The molecule has 2 aliphatic rings. The maximum absolute atomic E-state index is 4.81. The van der Waals surface area contributed by atoms with Crippen molar-refractivity contribution in [2.45, 2.75) is 18.8 Å². The number of pyridine rings is 1. The Bertz CT molecular complexity index is 876. The first-order valence-electron chi connectivity index (χ1n) is 8.64. The molecule has 1 saturated carbocycles. The Morgan fingerprint density at radius 2 is 1.92 bits per heavy atom. The van der Waals surface area contributed by atoms with Gasteiger partial charge in [-0.3, -0.25) is 4.40 Å². The second kappa shape index (κ2) is 5.56. The zero-order chi connectivity index (χ0) is 15.9. The highest BCUT2D eigenvalue weighted by molar-refractivity contribution is 5.61. The van der Waals surface area contributed by atoms with Gasteiger partial charge in [0.05, 0.1) is 17.6 Å². The van der Waals surface area contributed by atoms with E-state index in [2.05, 4.69) is 42.9 Å². The molecule has 2 fully saturated rings. The van der Waals surface area contributed by atoms with Gasteiger partial charge in [-0.25, -0.2) is 15.0 Å². The van der Waals surface area contributed by atoms with Crippen molar-refractivity contribution in [3.05, 3.63) is 42.4 Å². The lowest BCUT2D eigenvalue weighted by molar-refractivity contribution is 0.580. The van der Waals surface area contributed by atoms with Gasteiger partial charge in [0.25, 0.3) is 0 Å². The van der Waals surface area contributed by atoms with Crippen LogP contribution in [0.25, 0.3) is 17.0 Å². The summed E-state index contributed by atoms with van der Waals surface area (Å²) < 4.78 is 2.16. The van der Waals surface area contributed by atoms with Crippen molar-refractivity contribution in [1.82, 2.24) is 24.7 Å². The minimum Gasteiger partial charge on any atom is -0.338 e. The third-order valence-corrected chi connectivity index (χ3v) is 4.88. The lowest BCUT2D eigenvalue weighted by Gasteiger charge is -2.27. The number of hydrogen-bond acceptors (Lipinski definition) is 5. The summed E-state index contributed by atoms with van der Waals surface area (Å²) in [6, 6.07) is 6.28. The molecule has 6 heteroatoms. The van der Waals surface area contributed by atoms with Crippen LogP contribution in [0.4, 0.5) is 5.95 Å². The van der Waals surface area contributed by atoms with Crippen LogP contribution < -0.4 is 10.2 Å². The highest BCUT2D eigenvalue weighted by Crippen LogP contribution is 2.40. The van der Waals surface area contributed by atoms with Gasteiger partial charge in [0, 0.05) is 38.6 Å². The van der Waals surface area contributed by atoms with E-state index in [0.29, 0.717) is 0 Å². The molecule has 6 nitrogen and oxygen atoms in total. The maximum atomic E-state index is 4.81. The summed E-state index contributed by atoms with van der Waals surface area (Å²) in [5.74, 6) is 1.54. The Labute approximate surface area is 140 Å². The Hall–Kier alpha value is -2.47. The molecule has 0 radical (unpaired) electrons. The van der Waals surface area contributed by atoms with Crippen molar-refractivity contribution in [2.75, 3.05) is 31.1 Å². The van der Waals surface area contributed by atoms with E-state index < -0.39 is 0 Å². The molecular formula is C18H20N6. The zero-order valence-corrected chi connectivity index (χ0v) is 13.5. The van der Waals surface area contributed by atoms with E-state index in [-0.39, 0.29) is 0 Å². The monoisotopic (exact) mass is 320 g/mol. The van der Waals surface area contributed by atoms with Crippen molar-refractivity contribution < 1.29 is 0 Å². The van der Waals surface area contributed by atoms with Gasteiger partial charge >= 0.3 is 0 Å². The van der Waals surface area contributed by atoms with Crippen molar-refractivity contribution in [1.29, 1.82) is 0 Å². The molecule has 1 N–H and O–H groups in total. The van der Waals surface area contributed by atoms with Crippen LogP contribution in [0.1, 0.15) is 24.3 Å². The molecule has 4 heterocycles. The predicted octanol–water partition coefficient (Wildman–Crippen LogP) is 2.08. The Kier molecular flexibility index (Phi) is 3.23. The van der Waals surface area contributed by atoms with Crippen LogP contribution in [0.2, 0.25) is 0 Å². The van der Waals surface area contributed by atoms with Gasteiger partial charge in [0.15, 0.2) is 0 Å². The van der Waals surface area contributed by atoms with Crippen molar-refractivity contribution in [3.63, 3.8) is 0 Å². The van der Waals surface area contributed by atoms with Crippen molar-refractivity contribution in [2.24, 2.45) is 0 Å². The first-order valence-corrected chi connectivity index (χ1v) is 8.64. The van der Waals surface area contributed by atoms with Gasteiger partial charge in [0.1, 0.15) is 5.65 Å². The molecule has 1 saturated heterocycles. The fourth-order valence-electron chi connectivity index (χ4n) is 3.35. The van der Waals surface area contributed by atoms with Gasteiger partial charge in [-0.1, -0.05) is 6.07 Å². The average molecular weight is 320 g/mol. The lowest BCUT2D eigenvalue weighted by atomic mass is 10.2. The third kappa shape index (κ3) is 2.43. The maximum Gasteiger partial charge on any atom is 0.225 e. The van der Waals surface area contributed by atoms with E-state index in [1.54, 1.807) is 0 Å². The predicted molar refractivity (Wildman–Crippen MR) is 93.3 cm³/mol. The lowest BCUT2D eigenvalue weighted by Crippen LogP contribution is -2.44. The van der Waals surface area contributed by atoms with Gasteiger partial charge in [-0.05, 0) is 36.5 Å². The molecule has 0 unspecified atom stereocenters. The number of rotatable bonds is 3. The van der Waals surface area contributed by atoms with Crippen molar-refractivity contribution >= 4 is 11.6 Å². The summed E-state index contributed by atoms with van der Waals surface area (Å²) >= 11 is 0. The van der Waals surface area contributed by atoms with Gasteiger partial charge in [-0.15, -0.1) is 0 Å². The molecule has 0 bridgehead atoms. The standard InChI is InChI=1S/C18H20N6/c1-2-13(1)14-3-4-17-21-11-16(24(17)12-14)15-5-6-20-18(22-15)23-9-7-19-8-10-23/h3-6,11-13,19H,1-2,7-10H2. The second-order valence-electron chi connectivity index (χ2n) is 6.59. The number of fused-ring (bicyclic) bond motifs is 1. The molecule has 0 atom stereocenters. The summed E-state index contributed by atoms with van der Waals surface area (Å²) in [4.78, 5) is 16.0. The Morgan fingerprint density at radius 1 is 1.04 bits per heavy atom. The first kappa shape index (κ1) is 13.9. The van der Waals surface area contributed by atoms with Crippen LogP contribution in [0.15, 0.2) is 36.8 Å². The largest absolute Gasteiger partial charge is 0.338 e. The van der Waals surface area contributed by atoms with E-state index in [1.165, 1.54) is 18.4 Å². The quantitative estimate of drug-likeness (QED) is 0.801. The summed E-state index contributed by atoms with van der Waals surface area (Å²) in [7, 11) is 0. The molecule has 1 aliphatic carbocycles. The van der Waals surface area contributed by atoms with Crippen LogP contribution in [0, 0.1) is 0 Å². The number of nitrogens with one attached hydrogen (secondary N) is 1. The minimum atomic E-state index is 0.728. The summed E-state index contributed by atoms with van der Waals surface area (Å²) in [5, 5.41) is 3.36. The van der Waals surface area contributed by atoms with Crippen LogP contribution in [0.3, 0.4) is 0 Å². The minimum absolute atomic E-state index is 0.728. The third-order valence-electron chi connectivity index (χ3n) is 4.88. The van der Waals surface area contributed by atoms with Crippen LogP contribution >= 0.6 is 0 Å². The number of piperazine rings is 1. The smallest absolute Gasteiger partial charge is 0.225 e. The summed E-state index contributed by atoms with van der Waals surface area (Å²) in [6.07, 6.45) is 8.59. The number of aromatic nitrogens is 4.